The molecule has 0 fully saturated rings. The number of halogens is 3. The van der Waals surface area contributed by atoms with Crippen molar-refractivity contribution in [2.24, 2.45) is 4.99 Å². The van der Waals surface area contributed by atoms with E-state index in [1.807, 2.05) is 0 Å². The molecule has 1 aliphatic heterocycles. The van der Waals surface area contributed by atoms with Gasteiger partial charge in [0.1, 0.15) is 0 Å². The minimum absolute atomic E-state index is 0.0789. The van der Waals surface area contributed by atoms with Crippen LogP contribution in [0.1, 0.15) is 18.1 Å². The fourth-order valence-electron chi connectivity index (χ4n) is 2.41. The average molecular weight is 485 g/mol. The van der Waals surface area contributed by atoms with Gasteiger partial charge in [0.15, 0.2) is 17.2 Å². The molecule has 0 bridgehead atoms. The highest BCUT2D eigenvalue weighted by atomic mass is 79.9. The Kier molecular flexibility index (Phi) is 6.07. The summed E-state index contributed by atoms with van der Waals surface area (Å²) < 4.78 is 16.1. The first-order chi connectivity index (χ1) is 13.3. The maximum Gasteiger partial charge on any atom is 0.363 e. The molecule has 0 aromatic heterocycles. The number of cyclic esters (lactones) is 1. The molecule has 0 aliphatic carbocycles. The van der Waals surface area contributed by atoms with Gasteiger partial charge in [-0.25, -0.2) is 9.79 Å². The van der Waals surface area contributed by atoms with Gasteiger partial charge in [0, 0.05) is 11.9 Å². The van der Waals surface area contributed by atoms with Crippen LogP contribution >= 0.6 is 39.1 Å². The largest absolute Gasteiger partial charge is 0.493 e. The number of esters is 2. The number of benzene rings is 2. The van der Waals surface area contributed by atoms with Crippen LogP contribution in [-0.2, 0) is 14.3 Å². The van der Waals surface area contributed by atoms with Gasteiger partial charge in [-0.2, -0.15) is 0 Å². The molecule has 144 valence electrons. The Morgan fingerprint density at radius 1 is 1.25 bits per heavy atom. The molecule has 2 aromatic carbocycles. The van der Waals surface area contributed by atoms with Crippen molar-refractivity contribution in [2.75, 3.05) is 7.11 Å². The van der Waals surface area contributed by atoms with Gasteiger partial charge in [-0.15, -0.1) is 0 Å². The third-order valence-electron chi connectivity index (χ3n) is 3.58. The van der Waals surface area contributed by atoms with Crippen LogP contribution < -0.4 is 9.47 Å². The van der Waals surface area contributed by atoms with Gasteiger partial charge < -0.3 is 14.2 Å². The first-order valence-corrected chi connectivity index (χ1v) is 9.37. The molecule has 9 heteroatoms. The zero-order chi connectivity index (χ0) is 20.4. The molecule has 0 radical (unpaired) electrons. The molecule has 1 heterocycles. The maximum atomic E-state index is 12.2. The summed E-state index contributed by atoms with van der Waals surface area (Å²) >= 11 is 15.4. The number of rotatable bonds is 4. The topological polar surface area (TPSA) is 74.2 Å². The van der Waals surface area contributed by atoms with Crippen LogP contribution in [0.25, 0.3) is 6.08 Å². The zero-order valence-corrected chi connectivity index (χ0v) is 17.7. The molecule has 0 atom stereocenters. The second-order valence-electron chi connectivity index (χ2n) is 5.59. The number of ether oxygens (including phenoxy) is 3. The first-order valence-electron chi connectivity index (χ1n) is 7.82. The van der Waals surface area contributed by atoms with Gasteiger partial charge in [0.25, 0.3) is 0 Å². The summed E-state index contributed by atoms with van der Waals surface area (Å²) in [5, 5.41) is 0.773. The number of nitrogens with zero attached hydrogens (tertiary/aromatic N) is 1. The molecular weight excluding hydrogens is 473 g/mol. The molecule has 0 amide bonds. The van der Waals surface area contributed by atoms with E-state index in [-0.39, 0.29) is 17.3 Å². The molecule has 1 aliphatic rings. The third-order valence-corrected chi connectivity index (χ3v) is 4.72. The van der Waals surface area contributed by atoms with Crippen molar-refractivity contribution < 1.29 is 23.8 Å². The number of hydrogen-bond acceptors (Lipinski definition) is 6. The molecule has 0 unspecified atom stereocenters. The van der Waals surface area contributed by atoms with Crippen LogP contribution in [0.3, 0.4) is 0 Å². The first kappa shape index (κ1) is 20.4. The Labute approximate surface area is 178 Å². The lowest BCUT2D eigenvalue weighted by Crippen LogP contribution is -2.06. The van der Waals surface area contributed by atoms with Crippen LogP contribution in [0.4, 0.5) is 0 Å². The van der Waals surface area contributed by atoms with Crippen molar-refractivity contribution in [3.8, 4) is 11.5 Å². The number of aliphatic imine (C=N–C) groups is 1. The van der Waals surface area contributed by atoms with E-state index >= 15 is 0 Å². The molecule has 2 aromatic rings. The highest BCUT2D eigenvalue weighted by Gasteiger charge is 2.26. The van der Waals surface area contributed by atoms with E-state index in [1.165, 1.54) is 26.2 Å². The number of hydrogen-bond donors (Lipinski definition) is 0. The van der Waals surface area contributed by atoms with E-state index in [4.69, 9.17) is 37.4 Å². The highest BCUT2D eigenvalue weighted by Crippen LogP contribution is 2.37. The van der Waals surface area contributed by atoms with Gasteiger partial charge in [-0.3, -0.25) is 4.79 Å². The van der Waals surface area contributed by atoms with Gasteiger partial charge in [-0.05, 0) is 57.9 Å². The van der Waals surface area contributed by atoms with E-state index in [0.717, 1.165) is 0 Å². The Morgan fingerprint density at radius 2 is 2.00 bits per heavy atom. The molecule has 0 saturated heterocycles. The van der Waals surface area contributed by atoms with E-state index in [9.17, 15) is 9.59 Å². The predicted molar refractivity (Wildman–Crippen MR) is 109 cm³/mol. The second kappa shape index (κ2) is 8.34. The minimum Gasteiger partial charge on any atom is -0.493 e. The second-order valence-corrected chi connectivity index (χ2v) is 7.29. The summed E-state index contributed by atoms with van der Waals surface area (Å²) in [6.45, 7) is 1.29. The van der Waals surface area contributed by atoms with Crippen LogP contribution in [0.2, 0.25) is 10.0 Å². The molecule has 0 spiro atoms. The molecule has 0 N–H and O–H groups in total. The van der Waals surface area contributed by atoms with Crippen LogP contribution in [0.15, 0.2) is 45.5 Å². The maximum absolute atomic E-state index is 12.2. The van der Waals surface area contributed by atoms with Crippen LogP contribution in [0, 0.1) is 0 Å². The van der Waals surface area contributed by atoms with Crippen molar-refractivity contribution in [1.29, 1.82) is 0 Å². The lowest BCUT2D eigenvalue weighted by molar-refractivity contribution is -0.132. The highest BCUT2D eigenvalue weighted by molar-refractivity contribution is 9.10. The Hall–Kier alpha value is -2.35. The van der Waals surface area contributed by atoms with Crippen molar-refractivity contribution >= 4 is 63.0 Å². The molecule has 0 saturated carbocycles. The summed E-state index contributed by atoms with van der Waals surface area (Å²) in [7, 11) is 1.44. The predicted octanol–water partition coefficient (Wildman–Crippen LogP) is 5.03. The van der Waals surface area contributed by atoms with Crippen molar-refractivity contribution in [3.63, 3.8) is 0 Å². The van der Waals surface area contributed by atoms with Gasteiger partial charge in [-0.1, -0.05) is 23.2 Å². The molecule has 3 rings (SSSR count). The van der Waals surface area contributed by atoms with E-state index < -0.39 is 11.9 Å². The molecular formula is C19H12BrCl2NO5. The summed E-state index contributed by atoms with van der Waals surface area (Å²) in [6.07, 6.45) is 1.52. The van der Waals surface area contributed by atoms with E-state index in [0.29, 0.717) is 31.4 Å². The van der Waals surface area contributed by atoms with Gasteiger partial charge in [0.05, 0.1) is 22.2 Å². The fraction of sp³-hybridized carbons (Fsp3) is 0.105. The summed E-state index contributed by atoms with van der Waals surface area (Å²) in [4.78, 5) is 27.7. The Morgan fingerprint density at radius 3 is 2.64 bits per heavy atom. The van der Waals surface area contributed by atoms with Gasteiger partial charge >= 0.3 is 11.9 Å². The SMILES string of the molecule is COc1cc(/C=C2\N=C(c3ccc(Cl)cc3Cl)OC2=O)cc(Br)c1OC(C)=O. The van der Waals surface area contributed by atoms with Crippen LogP contribution in [0.5, 0.6) is 11.5 Å². The summed E-state index contributed by atoms with van der Waals surface area (Å²) in [6, 6.07) is 8.03. The van der Waals surface area contributed by atoms with Crippen LogP contribution in [-0.4, -0.2) is 24.9 Å². The smallest absolute Gasteiger partial charge is 0.363 e. The standard InChI is InChI=1S/C19H12BrCl2NO5/c1-9(24)27-17-13(20)5-10(7-16(17)26-2)6-15-19(25)28-18(23-15)12-4-3-11(21)8-14(12)22/h3-8H,1-2H3/b15-6-. The van der Waals surface area contributed by atoms with Crippen molar-refractivity contribution in [1.82, 2.24) is 0 Å². The summed E-state index contributed by atoms with van der Waals surface area (Å²) in [5.41, 5.74) is 1.11. The van der Waals surface area contributed by atoms with Crippen molar-refractivity contribution in [2.45, 2.75) is 6.92 Å². The monoisotopic (exact) mass is 483 g/mol. The minimum atomic E-state index is -0.625. The Balaban J connectivity index is 1.99. The van der Waals surface area contributed by atoms with E-state index in [2.05, 4.69) is 20.9 Å². The lowest BCUT2D eigenvalue weighted by atomic mass is 10.1. The van der Waals surface area contributed by atoms with E-state index in [1.54, 1.807) is 24.3 Å². The zero-order valence-electron chi connectivity index (χ0n) is 14.6. The van der Waals surface area contributed by atoms with Gasteiger partial charge in [0.2, 0.25) is 5.90 Å². The summed E-state index contributed by atoms with van der Waals surface area (Å²) in [5.74, 6) is -0.477. The number of methoxy groups -OCH3 is 1. The fourth-order valence-corrected chi connectivity index (χ4v) is 3.44. The number of carbonyl (C=O) groups is 2. The number of carbonyl (C=O) groups excluding carboxylic acids is 2. The molecule has 6 nitrogen and oxygen atoms in total. The third kappa shape index (κ3) is 4.38. The molecule has 28 heavy (non-hydrogen) atoms. The quantitative estimate of drug-likeness (QED) is 0.345. The lowest BCUT2D eigenvalue weighted by Gasteiger charge is -2.11. The van der Waals surface area contributed by atoms with Crippen molar-refractivity contribution in [3.05, 3.63) is 61.7 Å². The Bertz CT molecular complexity index is 1050. The normalized spacial score (nSPS) is 14.7. The average Bonchev–Trinajstić information content (AvgIpc) is 2.97.